The number of allylic oxidation sites excluding steroid dienone is 14. The molecule has 2 unspecified atom stereocenters. The Morgan fingerprint density at radius 1 is 0.587 bits per heavy atom. The van der Waals surface area contributed by atoms with Crippen LogP contribution < -0.4 is 0 Å². The number of esters is 2. The lowest BCUT2D eigenvalue weighted by atomic mass is 10.1. The maximum Gasteiger partial charge on any atom is 0.472 e. The van der Waals surface area contributed by atoms with E-state index in [4.69, 9.17) is 18.5 Å². The number of nitrogens with zero attached hydrogens (tertiary/aromatic N) is 1. The topological polar surface area (TPSA) is 129 Å². The number of carbonyl (C=O) groups is 2. The van der Waals surface area contributed by atoms with Gasteiger partial charge in [-0.3, -0.25) is 18.6 Å². The molecule has 0 aromatic carbocycles. The van der Waals surface area contributed by atoms with Crippen molar-refractivity contribution in [3.8, 4) is 0 Å². The Morgan fingerprint density at radius 2 is 1.13 bits per heavy atom. The molecule has 0 bridgehead atoms. The van der Waals surface area contributed by atoms with Crippen molar-refractivity contribution in [1.29, 1.82) is 0 Å². The van der Waals surface area contributed by atoms with Gasteiger partial charge in [0.1, 0.15) is 19.8 Å². The summed E-state index contributed by atoms with van der Waals surface area (Å²) in [7, 11) is 1.40. The van der Waals surface area contributed by atoms with Crippen molar-refractivity contribution in [2.24, 2.45) is 0 Å². The Morgan fingerprint density at radius 3 is 1.71 bits per heavy atom. The minimum atomic E-state index is -4.41. The second kappa shape index (κ2) is 42.8. The van der Waals surface area contributed by atoms with E-state index in [0.29, 0.717) is 30.3 Å². The summed E-state index contributed by atoms with van der Waals surface area (Å²) >= 11 is 0. The Bertz CT molecular complexity index is 1410. The zero-order valence-corrected chi connectivity index (χ0v) is 41.0. The summed E-state index contributed by atoms with van der Waals surface area (Å²) in [6, 6.07) is 0. The van der Waals surface area contributed by atoms with Gasteiger partial charge in [0, 0.05) is 12.8 Å². The van der Waals surface area contributed by atoms with Crippen molar-refractivity contribution >= 4 is 19.8 Å². The summed E-state index contributed by atoms with van der Waals surface area (Å²) in [5.41, 5.74) is 0. The van der Waals surface area contributed by atoms with Gasteiger partial charge in [-0.1, -0.05) is 169 Å². The monoisotopic (exact) mass is 903 g/mol. The molecule has 63 heavy (non-hydrogen) atoms. The minimum Gasteiger partial charge on any atom is -0.462 e. The van der Waals surface area contributed by atoms with Crippen LogP contribution in [0, 0.1) is 0 Å². The second-order valence-electron chi connectivity index (χ2n) is 17.0. The van der Waals surface area contributed by atoms with Gasteiger partial charge in [-0.15, -0.1) is 0 Å². The van der Waals surface area contributed by atoms with Gasteiger partial charge in [0.2, 0.25) is 0 Å². The summed E-state index contributed by atoms with van der Waals surface area (Å²) in [6.07, 6.45) is 53.7. The predicted molar refractivity (Wildman–Crippen MR) is 262 cm³/mol. The fourth-order valence-corrected chi connectivity index (χ4v) is 6.66. The van der Waals surface area contributed by atoms with Crippen LogP contribution in [0.5, 0.6) is 0 Å². The summed E-state index contributed by atoms with van der Waals surface area (Å²) in [6.45, 7) is 4.07. The SMILES string of the molecule is CC/C=C\CC(O)/C=C/C=C/C/C=C\C/C=C\C/C=C\CCC(=O)OC[C@H](COP(=O)(O)OCC[N+](C)(C)C)OC(=O)CCCCCCCCCCC/C=C\C/C=C\CCCCC. The highest BCUT2D eigenvalue weighted by atomic mass is 31.2. The number of likely N-dealkylation sites (N-methyl/N-ethyl adjacent to an activating group) is 1. The van der Waals surface area contributed by atoms with Crippen molar-refractivity contribution in [2.75, 3.05) is 47.5 Å². The number of carbonyl (C=O) groups excluding carboxylic acids is 2. The zero-order valence-electron chi connectivity index (χ0n) is 40.1. The van der Waals surface area contributed by atoms with Gasteiger partial charge in [-0.2, -0.15) is 0 Å². The first-order valence-corrected chi connectivity index (χ1v) is 25.6. The van der Waals surface area contributed by atoms with E-state index < -0.39 is 38.6 Å². The van der Waals surface area contributed by atoms with E-state index in [1.54, 1.807) is 6.08 Å². The normalized spacial score (nSPS) is 14.8. The van der Waals surface area contributed by atoms with Crippen LogP contribution in [-0.4, -0.2) is 86.1 Å². The smallest absolute Gasteiger partial charge is 0.462 e. The van der Waals surface area contributed by atoms with E-state index in [1.807, 2.05) is 57.6 Å². The number of unbranched alkanes of at least 4 members (excludes halogenated alkanes) is 12. The molecule has 2 N–H and O–H groups in total. The molecule has 0 radical (unpaired) electrons. The van der Waals surface area contributed by atoms with Crippen LogP contribution in [0.15, 0.2) is 97.2 Å². The van der Waals surface area contributed by atoms with Gasteiger partial charge in [-0.05, 0) is 77.0 Å². The molecule has 0 aromatic rings. The predicted octanol–water partition coefficient (Wildman–Crippen LogP) is 13.1. The van der Waals surface area contributed by atoms with Crippen molar-refractivity contribution in [1.82, 2.24) is 0 Å². The van der Waals surface area contributed by atoms with Gasteiger partial charge in [-0.25, -0.2) is 4.57 Å². The molecule has 0 aliphatic rings. The minimum absolute atomic E-state index is 0.00784. The summed E-state index contributed by atoms with van der Waals surface area (Å²) in [4.78, 5) is 35.5. The molecule has 0 spiro atoms. The largest absolute Gasteiger partial charge is 0.472 e. The zero-order chi connectivity index (χ0) is 46.5. The van der Waals surface area contributed by atoms with Gasteiger partial charge in [0.15, 0.2) is 6.10 Å². The van der Waals surface area contributed by atoms with Crippen LogP contribution in [0.25, 0.3) is 0 Å². The lowest BCUT2D eigenvalue weighted by molar-refractivity contribution is -0.870. The van der Waals surface area contributed by atoms with Crippen molar-refractivity contribution in [2.45, 2.75) is 174 Å². The molecule has 11 heteroatoms. The van der Waals surface area contributed by atoms with Crippen molar-refractivity contribution in [3.05, 3.63) is 97.2 Å². The molecule has 0 saturated carbocycles. The van der Waals surface area contributed by atoms with Gasteiger partial charge in [0.25, 0.3) is 0 Å². The molecule has 360 valence electrons. The average molecular weight is 903 g/mol. The quantitative estimate of drug-likeness (QED) is 0.0154. The van der Waals surface area contributed by atoms with E-state index in [9.17, 15) is 24.2 Å². The number of ether oxygens (including phenoxy) is 2. The fourth-order valence-electron chi connectivity index (χ4n) is 5.92. The second-order valence-corrected chi connectivity index (χ2v) is 18.4. The Balaban J connectivity index is 4.47. The highest BCUT2D eigenvalue weighted by molar-refractivity contribution is 7.47. The molecule has 0 aliphatic heterocycles. The number of hydrogen-bond acceptors (Lipinski definition) is 8. The number of aliphatic hydroxyl groups is 1. The molecule has 0 aromatic heterocycles. The van der Waals surface area contributed by atoms with E-state index in [0.717, 1.165) is 57.8 Å². The Labute approximate surface area is 384 Å². The number of phosphoric acid groups is 1. The number of hydrogen-bond donors (Lipinski definition) is 2. The Hall–Kier alpha value is -3.11. The number of aliphatic hydroxyl groups excluding tert-OH is 1. The lowest BCUT2D eigenvalue weighted by Crippen LogP contribution is -2.37. The van der Waals surface area contributed by atoms with Gasteiger partial charge in [0.05, 0.1) is 33.9 Å². The van der Waals surface area contributed by atoms with E-state index in [1.165, 1.54) is 57.8 Å². The van der Waals surface area contributed by atoms with Crippen LogP contribution >= 0.6 is 7.82 Å². The highest BCUT2D eigenvalue weighted by Gasteiger charge is 2.27. The van der Waals surface area contributed by atoms with Gasteiger partial charge < -0.3 is 24.0 Å². The first-order chi connectivity index (χ1) is 30.4. The van der Waals surface area contributed by atoms with E-state index in [2.05, 4.69) is 68.5 Å². The summed E-state index contributed by atoms with van der Waals surface area (Å²) in [5.74, 6) is -0.930. The highest BCUT2D eigenvalue weighted by Crippen LogP contribution is 2.43. The van der Waals surface area contributed by atoms with Crippen LogP contribution in [0.4, 0.5) is 0 Å². The summed E-state index contributed by atoms with van der Waals surface area (Å²) < 4.78 is 34.3. The van der Waals surface area contributed by atoms with Crippen LogP contribution in [-0.2, 0) is 32.7 Å². The third kappa shape index (κ3) is 46.7. The van der Waals surface area contributed by atoms with Crippen LogP contribution in [0.2, 0.25) is 0 Å². The van der Waals surface area contributed by atoms with Crippen molar-refractivity contribution < 1.29 is 47.2 Å². The molecule has 0 rings (SSSR count). The lowest BCUT2D eigenvalue weighted by Gasteiger charge is -2.24. The molecule has 0 fully saturated rings. The molecule has 0 aliphatic carbocycles. The first kappa shape index (κ1) is 59.9. The fraction of sp³-hybridized carbons (Fsp3) is 0.654. The Kier molecular flexibility index (Phi) is 40.7. The molecule has 0 heterocycles. The summed E-state index contributed by atoms with van der Waals surface area (Å²) in [5, 5.41) is 9.85. The van der Waals surface area contributed by atoms with Gasteiger partial charge >= 0.3 is 19.8 Å². The molecule has 10 nitrogen and oxygen atoms in total. The van der Waals surface area contributed by atoms with Crippen LogP contribution in [0.3, 0.4) is 0 Å². The molecule has 3 atom stereocenters. The van der Waals surface area contributed by atoms with E-state index >= 15 is 0 Å². The number of phosphoric ester groups is 1. The van der Waals surface area contributed by atoms with Crippen LogP contribution in [0.1, 0.15) is 162 Å². The molecule has 0 saturated heterocycles. The molecular weight excluding hydrogens is 814 g/mol. The third-order valence-electron chi connectivity index (χ3n) is 9.69. The number of rotatable bonds is 42. The maximum atomic E-state index is 12.7. The van der Waals surface area contributed by atoms with Crippen molar-refractivity contribution in [3.63, 3.8) is 0 Å². The average Bonchev–Trinajstić information content (AvgIpc) is 3.23. The standard InChI is InChI=1S/C52H88NO9P/c1-6-8-10-11-12-13-14-15-16-17-18-19-20-23-27-30-33-36-40-44-52(56)62-50(48-61-63(57,58)60-46-45-53(3,4)5)47-59-51(55)43-39-35-32-29-26-24-21-22-25-28-31-34-38-42-49(54)41-37-9-7-2/h9,12-13,15-16,22,24-26,31-32,34-35,37-38,42,49-50,54H,6-8,10-11,14,17-21,23,27-30,33,36,39-41,43-48H2,1-5H3/p+1/b13-12-,16-15-,25-22-,26-24-,34-31+,35-32-,37-9-,42-38+/t49?,50-/m1/s1. The molecular formula is C52H89NO9P+. The number of quaternary nitrogens is 1. The molecule has 0 amide bonds. The van der Waals surface area contributed by atoms with E-state index in [-0.39, 0.29) is 26.1 Å². The third-order valence-corrected chi connectivity index (χ3v) is 10.7. The first-order valence-electron chi connectivity index (χ1n) is 24.1. The maximum absolute atomic E-state index is 12.7.